The molecule has 0 aromatic carbocycles. The monoisotopic (exact) mass is 313 g/mol. The third kappa shape index (κ3) is 6.49. The van der Waals surface area contributed by atoms with Crippen LogP contribution in [0.2, 0.25) is 0 Å². The quantitative estimate of drug-likeness (QED) is 0.833. The molecule has 0 spiro atoms. The minimum Gasteiger partial charge on any atom is -0.322 e. The van der Waals surface area contributed by atoms with E-state index in [1.807, 2.05) is 43.3 Å². The Hall–Kier alpha value is -1.74. The van der Waals surface area contributed by atoms with E-state index in [0.29, 0.717) is 0 Å². The average Bonchev–Trinajstić information content (AvgIpc) is 2.45. The topological polar surface area (TPSA) is 51.8 Å². The van der Waals surface area contributed by atoms with Crippen molar-refractivity contribution in [3.63, 3.8) is 0 Å². The maximum absolute atomic E-state index is 6.27. The lowest BCUT2D eigenvalue weighted by molar-refractivity contribution is 0.321. The summed E-state index contributed by atoms with van der Waals surface area (Å²) >= 11 is 0. The zero-order chi connectivity index (χ0) is 17.6. The third-order valence-corrected chi connectivity index (χ3v) is 3.17. The molecule has 0 saturated heterocycles. The highest BCUT2D eigenvalue weighted by Crippen LogP contribution is 2.30. The SMILES string of the molecule is CC(C)C.Cc1cccc(-c2cccc(C(N)C(C)(C)C)n2)n1. The van der Waals surface area contributed by atoms with Gasteiger partial charge < -0.3 is 5.73 Å². The Bertz CT molecular complexity index is 610. The number of hydrogen-bond donors (Lipinski definition) is 1. The number of hydrogen-bond acceptors (Lipinski definition) is 3. The fraction of sp³-hybridized carbons (Fsp3) is 0.500. The Morgan fingerprint density at radius 2 is 1.35 bits per heavy atom. The summed E-state index contributed by atoms with van der Waals surface area (Å²) in [6.45, 7) is 14.8. The molecule has 1 atom stereocenters. The second kappa shape index (κ2) is 8.21. The van der Waals surface area contributed by atoms with Crippen LogP contribution in [-0.4, -0.2) is 9.97 Å². The predicted molar refractivity (Wildman–Crippen MR) is 99.1 cm³/mol. The van der Waals surface area contributed by atoms with Gasteiger partial charge in [-0.05, 0) is 42.5 Å². The molecule has 0 saturated carbocycles. The first-order valence-corrected chi connectivity index (χ1v) is 8.28. The van der Waals surface area contributed by atoms with Crippen molar-refractivity contribution in [2.45, 2.75) is 54.5 Å². The van der Waals surface area contributed by atoms with Crippen LogP contribution in [0.4, 0.5) is 0 Å². The highest BCUT2D eigenvalue weighted by Gasteiger charge is 2.23. The average molecular weight is 313 g/mol. The summed E-state index contributed by atoms with van der Waals surface area (Å²) in [5.74, 6) is 0.833. The number of pyridine rings is 2. The summed E-state index contributed by atoms with van der Waals surface area (Å²) in [6, 6.07) is 11.8. The molecule has 0 aliphatic rings. The molecule has 0 aliphatic heterocycles. The zero-order valence-corrected chi connectivity index (χ0v) is 15.6. The van der Waals surface area contributed by atoms with Crippen molar-refractivity contribution in [3.05, 3.63) is 47.8 Å². The Balaban J connectivity index is 0.000000593. The standard InChI is InChI=1S/C16H21N3.C4H10/c1-11-7-5-8-12(18-11)13-9-6-10-14(19-13)15(17)16(2,3)4;1-4(2)3/h5-10,15H,17H2,1-4H3;4H,1-3H3. The van der Waals surface area contributed by atoms with E-state index in [1.54, 1.807) is 0 Å². The van der Waals surface area contributed by atoms with Gasteiger partial charge in [0.1, 0.15) is 0 Å². The number of nitrogens with two attached hydrogens (primary N) is 1. The van der Waals surface area contributed by atoms with E-state index < -0.39 is 0 Å². The molecular formula is C20H31N3. The van der Waals surface area contributed by atoms with Crippen LogP contribution in [0.25, 0.3) is 11.4 Å². The van der Waals surface area contributed by atoms with Gasteiger partial charge in [-0.2, -0.15) is 0 Å². The van der Waals surface area contributed by atoms with E-state index in [0.717, 1.165) is 28.7 Å². The first-order chi connectivity index (χ1) is 10.6. The molecular weight excluding hydrogens is 282 g/mol. The Morgan fingerprint density at radius 3 is 1.83 bits per heavy atom. The Labute approximate surface area is 141 Å². The van der Waals surface area contributed by atoms with E-state index in [1.165, 1.54) is 0 Å². The van der Waals surface area contributed by atoms with Crippen molar-refractivity contribution in [2.75, 3.05) is 0 Å². The minimum atomic E-state index is -0.0859. The Kier molecular flexibility index (Phi) is 6.89. The second-order valence-corrected chi connectivity index (χ2v) is 7.69. The lowest BCUT2D eigenvalue weighted by atomic mass is 9.85. The summed E-state index contributed by atoms with van der Waals surface area (Å²) in [7, 11) is 0. The van der Waals surface area contributed by atoms with Gasteiger partial charge in [-0.25, -0.2) is 4.98 Å². The van der Waals surface area contributed by atoms with Crippen LogP contribution in [-0.2, 0) is 0 Å². The van der Waals surface area contributed by atoms with E-state index in [-0.39, 0.29) is 11.5 Å². The van der Waals surface area contributed by atoms with Crippen molar-refractivity contribution >= 4 is 0 Å². The maximum atomic E-state index is 6.27. The van der Waals surface area contributed by atoms with Gasteiger partial charge in [0.25, 0.3) is 0 Å². The molecule has 2 aromatic rings. The van der Waals surface area contributed by atoms with Crippen LogP contribution >= 0.6 is 0 Å². The number of aromatic nitrogens is 2. The lowest BCUT2D eigenvalue weighted by Gasteiger charge is -2.26. The van der Waals surface area contributed by atoms with Crippen molar-refractivity contribution in [2.24, 2.45) is 17.1 Å². The van der Waals surface area contributed by atoms with E-state index in [9.17, 15) is 0 Å². The summed E-state index contributed by atoms with van der Waals surface area (Å²) in [4.78, 5) is 9.17. The van der Waals surface area contributed by atoms with Gasteiger partial charge in [-0.1, -0.05) is 53.7 Å². The lowest BCUT2D eigenvalue weighted by Crippen LogP contribution is -2.27. The highest BCUT2D eigenvalue weighted by atomic mass is 14.8. The molecule has 0 radical (unpaired) electrons. The number of aryl methyl sites for hydroxylation is 1. The summed E-state index contributed by atoms with van der Waals surface area (Å²) in [5, 5.41) is 0. The van der Waals surface area contributed by atoms with Crippen LogP contribution in [0, 0.1) is 18.3 Å². The molecule has 126 valence electrons. The first kappa shape index (κ1) is 19.3. The highest BCUT2D eigenvalue weighted by molar-refractivity contribution is 5.54. The van der Waals surface area contributed by atoms with Gasteiger partial charge in [-0.3, -0.25) is 4.98 Å². The second-order valence-electron chi connectivity index (χ2n) is 7.69. The molecule has 0 fully saturated rings. The van der Waals surface area contributed by atoms with Crippen LogP contribution in [0.5, 0.6) is 0 Å². The third-order valence-electron chi connectivity index (χ3n) is 3.17. The predicted octanol–water partition coefficient (Wildman–Crippen LogP) is 5.16. The van der Waals surface area contributed by atoms with E-state index >= 15 is 0 Å². The minimum absolute atomic E-state index is 0.00828. The van der Waals surface area contributed by atoms with Gasteiger partial charge in [0.2, 0.25) is 0 Å². The summed E-state index contributed by atoms with van der Waals surface area (Å²) < 4.78 is 0. The number of rotatable bonds is 2. The molecule has 0 bridgehead atoms. The van der Waals surface area contributed by atoms with E-state index in [4.69, 9.17) is 5.73 Å². The summed E-state index contributed by atoms with van der Waals surface area (Å²) in [6.07, 6.45) is 0. The maximum Gasteiger partial charge on any atom is 0.0890 e. The van der Waals surface area contributed by atoms with Crippen LogP contribution < -0.4 is 5.73 Å². The molecule has 2 rings (SSSR count). The van der Waals surface area contributed by atoms with E-state index in [2.05, 4.69) is 51.5 Å². The molecule has 2 aromatic heterocycles. The molecule has 23 heavy (non-hydrogen) atoms. The van der Waals surface area contributed by atoms with Crippen molar-refractivity contribution in [1.29, 1.82) is 0 Å². The van der Waals surface area contributed by atoms with Gasteiger partial charge >= 0.3 is 0 Å². The van der Waals surface area contributed by atoms with Crippen molar-refractivity contribution < 1.29 is 0 Å². The zero-order valence-electron chi connectivity index (χ0n) is 15.6. The summed E-state index contributed by atoms with van der Waals surface area (Å²) in [5.41, 5.74) is 9.93. The van der Waals surface area contributed by atoms with Crippen LogP contribution in [0.1, 0.15) is 59.0 Å². The molecule has 2 N–H and O–H groups in total. The van der Waals surface area contributed by atoms with Crippen molar-refractivity contribution in [3.8, 4) is 11.4 Å². The fourth-order valence-corrected chi connectivity index (χ4v) is 1.90. The van der Waals surface area contributed by atoms with Gasteiger partial charge in [0.15, 0.2) is 0 Å². The smallest absolute Gasteiger partial charge is 0.0890 e. The van der Waals surface area contributed by atoms with Gasteiger partial charge in [0.05, 0.1) is 23.1 Å². The Morgan fingerprint density at radius 1 is 0.870 bits per heavy atom. The molecule has 1 unspecified atom stereocenters. The van der Waals surface area contributed by atoms with Gasteiger partial charge in [0, 0.05) is 5.69 Å². The number of nitrogens with zero attached hydrogens (tertiary/aromatic N) is 2. The molecule has 0 amide bonds. The molecule has 2 heterocycles. The van der Waals surface area contributed by atoms with Crippen LogP contribution in [0.3, 0.4) is 0 Å². The molecule has 3 heteroatoms. The fourth-order valence-electron chi connectivity index (χ4n) is 1.90. The van der Waals surface area contributed by atoms with Crippen molar-refractivity contribution in [1.82, 2.24) is 9.97 Å². The first-order valence-electron chi connectivity index (χ1n) is 8.28. The normalized spacial score (nSPS) is 12.6. The molecule has 3 nitrogen and oxygen atoms in total. The van der Waals surface area contributed by atoms with Crippen LogP contribution in [0.15, 0.2) is 36.4 Å². The van der Waals surface area contributed by atoms with Gasteiger partial charge in [-0.15, -0.1) is 0 Å². The largest absolute Gasteiger partial charge is 0.322 e. The molecule has 0 aliphatic carbocycles.